The Morgan fingerprint density at radius 3 is 2.53 bits per heavy atom. The van der Waals surface area contributed by atoms with Gasteiger partial charge in [0, 0.05) is 12.2 Å². The normalized spacial score (nSPS) is 13.6. The smallest absolute Gasteiger partial charge is 0.240 e. The van der Waals surface area contributed by atoms with Crippen molar-refractivity contribution >= 4 is 26.5 Å². The number of hydrogen-bond acceptors (Lipinski definition) is 4. The van der Waals surface area contributed by atoms with Gasteiger partial charge in [-0.25, -0.2) is 13.1 Å². The Hall–Kier alpha value is -1.63. The summed E-state index contributed by atoms with van der Waals surface area (Å²) < 4.78 is 26.3. The summed E-state index contributed by atoms with van der Waals surface area (Å²) in [7, 11) is -3.60. The molecule has 0 spiro atoms. The van der Waals surface area contributed by atoms with Gasteiger partial charge in [-0.05, 0) is 42.0 Å². The quantitative estimate of drug-likeness (QED) is 0.731. The van der Waals surface area contributed by atoms with Crippen molar-refractivity contribution in [2.75, 3.05) is 12.3 Å². The number of nitrogen functional groups attached to an aromatic ring is 1. The third kappa shape index (κ3) is 3.23. The van der Waals surface area contributed by atoms with Gasteiger partial charge in [0.15, 0.2) is 0 Å². The first-order valence-electron chi connectivity index (χ1n) is 5.85. The van der Waals surface area contributed by atoms with E-state index < -0.39 is 16.1 Å². The number of sulfonamides is 1. The molecule has 0 saturated carbocycles. The molecule has 0 aliphatic rings. The zero-order valence-electron chi connectivity index (χ0n) is 10.5. The van der Waals surface area contributed by atoms with Crippen LogP contribution in [-0.4, -0.2) is 26.2 Å². The van der Waals surface area contributed by atoms with Crippen LogP contribution >= 0.6 is 0 Å². The molecule has 102 valence electrons. The topological polar surface area (TPSA) is 92.4 Å². The SMILES string of the molecule is CC(O)CNS(=O)(=O)c1ccc2cc(N)ccc2c1. The van der Waals surface area contributed by atoms with Crippen LogP contribution in [0.25, 0.3) is 10.8 Å². The average Bonchev–Trinajstić information content (AvgIpc) is 2.36. The highest BCUT2D eigenvalue weighted by atomic mass is 32.2. The summed E-state index contributed by atoms with van der Waals surface area (Å²) in [4.78, 5) is 0.172. The van der Waals surface area contributed by atoms with Crippen LogP contribution in [0.3, 0.4) is 0 Å². The Labute approximate surface area is 112 Å². The molecule has 19 heavy (non-hydrogen) atoms. The van der Waals surface area contributed by atoms with Gasteiger partial charge in [-0.3, -0.25) is 0 Å². The molecule has 6 heteroatoms. The van der Waals surface area contributed by atoms with Crippen molar-refractivity contribution in [2.45, 2.75) is 17.9 Å². The number of anilines is 1. The number of nitrogens with one attached hydrogen (secondary N) is 1. The van der Waals surface area contributed by atoms with Crippen LogP contribution in [0, 0.1) is 0 Å². The minimum atomic E-state index is -3.60. The van der Waals surface area contributed by atoms with E-state index in [4.69, 9.17) is 10.8 Å². The van der Waals surface area contributed by atoms with Crippen molar-refractivity contribution in [1.29, 1.82) is 0 Å². The van der Waals surface area contributed by atoms with Crippen LogP contribution in [0.2, 0.25) is 0 Å². The molecule has 0 heterocycles. The molecule has 0 fully saturated rings. The molecule has 0 radical (unpaired) electrons. The van der Waals surface area contributed by atoms with E-state index >= 15 is 0 Å². The zero-order valence-corrected chi connectivity index (χ0v) is 11.3. The standard InChI is InChI=1S/C13H16N2O3S/c1-9(16)8-15-19(17,18)13-5-3-10-6-12(14)4-2-11(10)7-13/h2-7,9,15-16H,8,14H2,1H3. The first-order valence-corrected chi connectivity index (χ1v) is 7.34. The molecular weight excluding hydrogens is 264 g/mol. The zero-order chi connectivity index (χ0) is 14.0. The predicted molar refractivity (Wildman–Crippen MR) is 75.2 cm³/mol. The van der Waals surface area contributed by atoms with E-state index in [0.29, 0.717) is 5.69 Å². The lowest BCUT2D eigenvalue weighted by molar-refractivity contribution is 0.198. The van der Waals surface area contributed by atoms with E-state index in [1.165, 1.54) is 13.0 Å². The highest BCUT2D eigenvalue weighted by Crippen LogP contribution is 2.21. The molecule has 2 rings (SSSR count). The lowest BCUT2D eigenvalue weighted by atomic mass is 10.1. The summed E-state index contributed by atoms with van der Waals surface area (Å²) >= 11 is 0. The Morgan fingerprint density at radius 1 is 1.21 bits per heavy atom. The largest absolute Gasteiger partial charge is 0.399 e. The molecular formula is C13H16N2O3S. The molecule has 1 unspecified atom stereocenters. The van der Waals surface area contributed by atoms with Crippen molar-refractivity contribution in [1.82, 2.24) is 4.72 Å². The molecule has 4 N–H and O–H groups in total. The number of hydrogen-bond donors (Lipinski definition) is 3. The van der Waals surface area contributed by atoms with Gasteiger partial charge in [0.1, 0.15) is 0 Å². The van der Waals surface area contributed by atoms with E-state index in [-0.39, 0.29) is 11.4 Å². The van der Waals surface area contributed by atoms with E-state index in [2.05, 4.69) is 4.72 Å². The maximum Gasteiger partial charge on any atom is 0.240 e. The van der Waals surface area contributed by atoms with E-state index in [1.54, 1.807) is 30.3 Å². The van der Waals surface area contributed by atoms with Gasteiger partial charge in [0.05, 0.1) is 11.0 Å². The Bertz CT molecular complexity index is 696. The molecule has 0 saturated heterocycles. The second-order valence-electron chi connectivity index (χ2n) is 4.47. The number of rotatable bonds is 4. The number of nitrogens with two attached hydrogens (primary N) is 1. The van der Waals surface area contributed by atoms with Gasteiger partial charge in [-0.2, -0.15) is 0 Å². The van der Waals surface area contributed by atoms with Crippen molar-refractivity contribution < 1.29 is 13.5 Å². The highest BCUT2D eigenvalue weighted by Gasteiger charge is 2.14. The Balaban J connectivity index is 2.38. The maximum atomic E-state index is 12.0. The molecule has 5 nitrogen and oxygen atoms in total. The molecule has 1 atom stereocenters. The van der Waals surface area contributed by atoms with Crippen molar-refractivity contribution in [2.24, 2.45) is 0 Å². The van der Waals surface area contributed by atoms with Crippen molar-refractivity contribution in [3.05, 3.63) is 36.4 Å². The van der Waals surface area contributed by atoms with Gasteiger partial charge >= 0.3 is 0 Å². The summed E-state index contributed by atoms with van der Waals surface area (Å²) in [6.45, 7) is 1.51. The maximum absolute atomic E-state index is 12.0. The van der Waals surface area contributed by atoms with Crippen molar-refractivity contribution in [3.63, 3.8) is 0 Å². The first kappa shape index (κ1) is 13.8. The van der Waals surface area contributed by atoms with E-state index in [9.17, 15) is 8.42 Å². The Morgan fingerprint density at radius 2 is 1.84 bits per heavy atom. The molecule has 0 aliphatic carbocycles. The summed E-state index contributed by atoms with van der Waals surface area (Å²) in [5.74, 6) is 0. The fourth-order valence-corrected chi connectivity index (χ4v) is 2.88. The van der Waals surface area contributed by atoms with E-state index in [0.717, 1.165) is 10.8 Å². The summed E-state index contributed by atoms with van der Waals surface area (Å²) in [5.41, 5.74) is 6.30. The van der Waals surface area contributed by atoms with Crippen LogP contribution in [0.5, 0.6) is 0 Å². The van der Waals surface area contributed by atoms with Gasteiger partial charge in [0.2, 0.25) is 10.0 Å². The number of aliphatic hydroxyl groups is 1. The monoisotopic (exact) mass is 280 g/mol. The van der Waals surface area contributed by atoms with Gasteiger partial charge in [-0.15, -0.1) is 0 Å². The lowest BCUT2D eigenvalue weighted by Gasteiger charge is -2.09. The van der Waals surface area contributed by atoms with Crippen LogP contribution in [0.15, 0.2) is 41.3 Å². The fraction of sp³-hybridized carbons (Fsp3) is 0.231. The summed E-state index contributed by atoms with van der Waals surface area (Å²) in [6, 6.07) is 10.1. The Kier molecular flexibility index (Phi) is 3.75. The molecule has 0 bridgehead atoms. The molecule has 2 aromatic carbocycles. The van der Waals surface area contributed by atoms with Gasteiger partial charge < -0.3 is 10.8 Å². The predicted octanol–water partition coefficient (Wildman–Crippen LogP) is 1.08. The van der Waals surface area contributed by atoms with Crippen molar-refractivity contribution in [3.8, 4) is 0 Å². The van der Waals surface area contributed by atoms with Gasteiger partial charge in [0.25, 0.3) is 0 Å². The van der Waals surface area contributed by atoms with Crippen LogP contribution < -0.4 is 10.5 Å². The fourth-order valence-electron chi connectivity index (χ4n) is 1.72. The van der Waals surface area contributed by atoms with Crippen LogP contribution in [0.4, 0.5) is 5.69 Å². The van der Waals surface area contributed by atoms with Gasteiger partial charge in [-0.1, -0.05) is 12.1 Å². The molecule has 2 aromatic rings. The minimum absolute atomic E-state index is 0.0118. The second kappa shape index (κ2) is 5.16. The summed E-state index contributed by atoms with van der Waals surface area (Å²) in [5, 5.41) is 10.8. The first-order chi connectivity index (χ1) is 8.88. The molecule has 0 aliphatic heterocycles. The number of aliphatic hydroxyl groups excluding tert-OH is 1. The molecule has 0 amide bonds. The third-order valence-electron chi connectivity index (χ3n) is 2.71. The third-order valence-corrected chi connectivity index (χ3v) is 4.14. The number of benzene rings is 2. The van der Waals surface area contributed by atoms with Crippen LogP contribution in [0.1, 0.15) is 6.92 Å². The lowest BCUT2D eigenvalue weighted by Crippen LogP contribution is -2.30. The highest BCUT2D eigenvalue weighted by molar-refractivity contribution is 7.89. The number of fused-ring (bicyclic) bond motifs is 1. The summed E-state index contributed by atoms with van der Waals surface area (Å²) in [6.07, 6.45) is -0.727. The average molecular weight is 280 g/mol. The second-order valence-corrected chi connectivity index (χ2v) is 6.24. The van der Waals surface area contributed by atoms with E-state index in [1.807, 2.05) is 0 Å². The molecule has 0 aromatic heterocycles. The minimum Gasteiger partial charge on any atom is -0.399 e. The van der Waals surface area contributed by atoms with Crippen LogP contribution in [-0.2, 0) is 10.0 Å².